The van der Waals surface area contributed by atoms with Gasteiger partial charge >= 0.3 is 0 Å². The van der Waals surface area contributed by atoms with Crippen molar-refractivity contribution in [2.24, 2.45) is 11.8 Å². The zero-order chi connectivity index (χ0) is 14.1. The van der Waals surface area contributed by atoms with Crippen LogP contribution in [0.4, 0.5) is 0 Å². The van der Waals surface area contributed by atoms with Crippen molar-refractivity contribution in [3.63, 3.8) is 0 Å². The first-order valence-corrected chi connectivity index (χ1v) is 8.52. The van der Waals surface area contributed by atoms with Gasteiger partial charge in [0.2, 0.25) is 0 Å². The molecule has 0 aromatic heterocycles. The van der Waals surface area contributed by atoms with Crippen LogP contribution in [-0.4, -0.2) is 55.1 Å². The van der Waals surface area contributed by atoms with Crippen LogP contribution in [0.3, 0.4) is 0 Å². The first-order chi connectivity index (χ1) is 10.4. The van der Waals surface area contributed by atoms with E-state index in [1.165, 1.54) is 44.6 Å². The lowest BCUT2D eigenvalue weighted by Crippen LogP contribution is -2.49. The van der Waals surface area contributed by atoms with Gasteiger partial charge in [-0.25, -0.2) is 5.32 Å². The largest absolute Gasteiger partial charge is 0.298 e. The molecule has 2 saturated heterocycles. The van der Waals surface area contributed by atoms with Gasteiger partial charge in [-0.05, 0) is 30.2 Å². The molecule has 3 aliphatic rings. The molecule has 1 saturated carbocycles. The predicted octanol–water partition coefficient (Wildman–Crippen LogP) is 1.82. The van der Waals surface area contributed by atoms with Crippen LogP contribution in [0.2, 0.25) is 0 Å². The number of hydrogen-bond acceptors (Lipinski definition) is 2. The summed E-state index contributed by atoms with van der Waals surface area (Å²) in [5.74, 6) is 1.83. The van der Waals surface area contributed by atoms with Crippen molar-refractivity contribution in [1.29, 1.82) is 0 Å². The van der Waals surface area contributed by atoms with Gasteiger partial charge in [-0.2, -0.15) is 0 Å². The summed E-state index contributed by atoms with van der Waals surface area (Å²) in [4.78, 5) is 5.37. The number of benzene rings is 1. The summed E-state index contributed by atoms with van der Waals surface area (Å²) in [5.41, 5.74) is 1.45. The second-order valence-electron chi connectivity index (χ2n) is 7.03. The van der Waals surface area contributed by atoms with Gasteiger partial charge < -0.3 is 0 Å². The van der Waals surface area contributed by atoms with Gasteiger partial charge in [0.05, 0.1) is 0 Å². The normalized spacial score (nSPS) is 34.2. The summed E-state index contributed by atoms with van der Waals surface area (Å²) in [7, 11) is 0. The maximum atomic E-state index is 4.58. The molecular formula is C18H26N3. The van der Waals surface area contributed by atoms with Gasteiger partial charge in [0.15, 0.2) is 0 Å². The summed E-state index contributed by atoms with van der Waals surface area (Å²) in [6.07, 6.45) is 2.82. The smallest absolute Gasteiger partial charge is 0.0234 e. The Morgan fingerprint density at radius 1 is 0.905 bits per heavy atom. The fourth-order valence-corrected chi connectivity index (χ4v) is 4.46. The van der Waals surface area contributed by atoms with Crippen LogP contribution in [0.25, 0.3) is 0 Å². The number of rotatable bonds is 3. The zero-order valence-electron chi connectivity index (χ0n) is 12.8. The van der Waals surface area contributed by atoms with Gasteiger partial charge in [-0.3, -0.25) is 9.80 Å². The summed E-state index contributed by atoms with van der Waals surface area (Å²) in [6.45, 7) is 8.38. The third-order valence-corrected chi connectivity index (χ3v) is 5.72. The molecule has 2 unspecified atom stereocenters. The highest BCUT2D eigenvalue weighted by Crippen LogP contribution is 2.37. The minimum Gasteiger partial charge on any atom is -0.298 e. The Morgan fingerprint density at radius 3 is 2.24 bits per heavy atom. The van der Waals surface area contributed by atoms with Gasteiger partial charge in [-0.15, -0.1) is 0 Å². The Hall–Kier alpha value is -0.900. The van der Waals surface area contributed by atoms with Crippen molar-refractivity contribution >= 4 is 0 Å². The minimum absolute atomic E-state index is 0.856. The fourth-order valence-electron chi connectivity index (χ4n) is 4.46. The average Bonchev–Trinajstić information content (AvgIpc) is 3.10. The molecule has 1 radical (unpaired) electrons. The molecule has 2 heterocycles. The number of nitrogens with zero attached hydrogens (tertiary/aromatic N) is 3. The molecule has 113 valence electrons. The van der Waals surface area contributed by atoms with Crippen molar-refractivity contribution < 1.29 is 0 Å². The molecule has 0 spiro atoms. The van der Waals surface area contributed by atoms with E-state index < -0.39 is 0 Å². The zero-order valence-corrected chi connectivity index (χ0v) is 12.8. The Morgan fingerprint density at radius 2 is 1.57 bits per heavy atom. The van der Waals surface area contributed by atoms with Crippen LogP contribution in [0.1, 0.15) is 18.4 Å². The van der Waals surface area contributed by atoms with Crippen molar-refractivity contribution in [3.8, 4) is 0 Å². The Labute approximate surface area is 128 Å². The highest BCUT2D eigenvalue weighted by atomic mass is 15.3. The van der Waals surface area contributed by atoms with E-state index in [9.17, 15) is 0 Å². The highest BCUT2D eigenvalue weighted by Gasteiger charge is 2.40. The van der Waals surface area contributed by atoms with Gasteiger partial charge in [0.25, 0.3) is 0 Å². The maximum absolute atomic E-state index is 4.58. The Kier molecular flexibility index (Phi) is 3.97. The van der Waals surface area contributed by atoms with E-state index >= 15 is 0 Å². The van der Waals surface area contributed by atoms with E-state index in [0.29, 0.717) is 0 Å². The maximum Gasteiger partial charge on any atom is 0.0234 e. The van der Waals surface area contributed by atoms with Crippen molar-refractivity contribution in [2.45, 2.75) is 25.4 Å². The lowest BCUT2D eigenvalue weighted by molar-refractivity contribution is 0.0906. The standard InChI is InChI=1S/C18H26N3/c1-2-4-15(5-3-1)14-20-6-8-21(9-7-20)18-10-16-12-19-13-17(16)11-18/h1-5,16-18H,6-14H2. The minimum atomic E-state index is 0.856. The SMILES string of the molecule is c1ccc(CN2CCN(C3CC4C[N]CC4C3)CC2)cc1. The van der Waals surface area contributed by atoms with E-state index in [-0.39, 0.29) is 0 Å². The lowest BCUT2D eigenvalue weighted by Gasteiger charge is -2.38. The van der Waals surface area contributed by atoms with E-state index in [0.717, 1.165) is 37.5 Å². The monoisotopic (exact) mass is 284 g/mol. The molecule has 1 aromatic carbocycles. The molecule has 3 heteroatoms. The molecule has 3 nitrogen and oxygen atoms in total. The third kappa shape index (κ3) is 3.01. The lowest BCUT2D eigenvalue weighted by atomic mass is 10.0. The van der Waals surface area contributed by atoms with Crippen molar-refractivity contribution in [3.05, 3.63) is 35.9 Å². The summed E-state index contributed by atoms with van der Waals surface area (Å²) in [5, 5.41) is 4.58. The second-order valence-corrected chi connectivity index (χ2v) is 7.03. The van der Waals surface area contributed by atoms with E-state index in [4.69, 9.17) is 0 Å². The molecular weight excluding hydrogens is 258 g/mol. The number of fused-ring (bicyclic) bond motifs is 1. The van der Waals surface area contributed by atoms with E-state index in [1.807, 2.05) is 0 Å². The van der Waals surface area contributed by atoms with Crippen LogP contribution >= 0.6 is 0 Å². The molecule has 21 heavy (non-hydrogen) atoms. The van der Waals surface area contributed by atoms with Crippen LogP contribution in [0, 0.1) is 11.8 Å². The first-order valence-electron chi connectivity index (χ1n) is 8.52. The summed E-state index contributed by atoms with van der Waals surface area (Å²) < 4.78 is 0. The molecule has 3 fully saturated rings. The predicted molar refractivity (Wildman–Crippen MR) is 85.2 cm³/mol. The van der Waals surface area contributed by atoms with Crippen molar-refractivity contribution in [2.75, 3.05) is 39.3 Å². The van der Waals surface area contributed by atoms with Crippen LogP contribution in [0.5, 0.6) is 0 Å². The number of piperazine rings is 1. The molecule has 1 aliphatic carbocycles. The molecule has 2 aliphatic heterocycles. The summed E-state index contributed by atoms with van der Waals surface area (Å²) in [6, 6.07) is 11.7. The van der Waals surface area contributed by atoms with Crippen LogP contribution < -0.4 is 5.32 Å². The highest BCUT2D eigenvalue weighted by molar-refractivity contribution is 5.14. The van der Waals surface area contributed by atoms with E-state index in [1.54, 1.807) is 0 Å². The van der Waals surface area contributed by atoms with Gasteiger partial charge in [0, 0.05) is 51.9 Å². The van der Waals surface area contributed by atoms with Crippen LogP contribution in [0.15, 0.2) is 30.3 Å². The topological polar surface area (TPSA) is 20.6 Å². The molecule has 0 amide bonds. The van der Waals surface area contributed by atoms with Gasteiger partial charge in [-0.1, -0.05) is 30.3 Å². The van der Waals surface area contributed by atoms with Crippen molar-refractivity contribution in [1.82, 2.24) is 15.1 Å². The Balaban J connectivity index is 1.27. The first kappa shape index (κ1) is 13.7. The van der Waals surface area contributed by atoms with Gasteiger partial charge in [0.1, 0.15) is 0 Å². The molecule has 1 aromatic rings. The fraction of sp³-hybridized carbons (Fsp3) is 0.667. The molecule has 0 N–H and O–H groups in total. The summed E-state index contributed by atoms with van der Waals surface area (Å²) >= 11 is 0. The quantitative estimate of drug-likeness (QED) is 0.844. The Bertz CT molecular complexity index is 441. The molecule has 4 rings (SSSR count). The second kappa shape index (κ2) is 6.07. The average molecular weight is 284 g/mol. The van der Waals surface area contributed by atoms with E-state index in [2.05, 4.69) is 45.4 Å². The third-order valence-electron chi connectivity index (χ3n) is 5.72. The van der Waals surface area contributed by atoms with Crippen LogP contribution in [-0.2, 0) is 6.54 Å². The molecule has 0 bridgehead atoms. The molecule has 2 atom stereocenters. The number of hydrogen-bond donors (Lipinski definition) is 0.